The first-order valence-electron chi connectivity index (χ1n) is 7.53. The lowest BCUT2D eigenvalue weighted by Gasteiger charge is -2.19. The van der Waals surface area contributed by atoms with Crippen LogP contribution in [0.2, 0.25) is 0 Å². The highest BCUT2D eigenvalue weighted by molar-refractivity contribution is 5.47. The van der Waals surface area contributed by atoms with Gasteiger partial charge in [0.05, 0.1) is 10.6 Å². The molecule has 0 aliphatic rings. The molecule has 1 aromatic rings. The quantitative estimate of drug-likeness (QED) is 0.430. The van der Waals surface area contributed by atoms with Crippen LogP contribution in [-0.2, 0) is 6.54 Å². The van der Waals surface area contributed by atoms with Gasteiger partial charge in [0.2, 0.25) is 0 Å². The zero-order valence-electron chi connectivity index (χ0n) is 13.5. The van der Waals surface area contributed by atoms with E-state index >= 15 is 0 Å². The van der Waals surface area contributed by atoms with Crippen molar-refractivity contribution in [3.05, 3.63) is 33.1 Å². The average Bonchev–Trinajstić information content (AvgIpc) is 2.44. The van der Waals surface area contributed by atoms with Crippen molar-refractivity contribution in [1.82, 2.24) is 15.2 Å². The molecule has 0 bridgehead atoms. The Morgan fingerprint density at radius 3 is 2.62 bits per heavy atom. The molecule has 0 saturated heterocycles. The van der Waals surface area contributed by atoms with Gasteiger partial charge in [-0.15, -0.1) is 0 Å². The molecular weight excluding hydrogens is 268 g/mol. The van der Waals surface area contributed by atoms with E-state index in [1.807, 2.05) is 0 Å². The van der Waals surface area contributed by atoms with E-state index in [9.17, 15) is 10.1 Å². The fourth-order valence-electron chi connectivity index (χ4n) is 2.41. The Labute approximate surface area is 126 Å². The molecule has 0 unspecified atom stereocenters. The molecular formula is C15H26N4O2. The second-order valence-electron chi connectivity index (χ2n) is 5.23. The Bertz CT molecular complexity index is 477. The summed E-state index contributed by atoms with van der Waals surface area (Å²) in [6.45, 7) is 12.4. The topological polar surface area (TPSA) is 71.3 Å². The Kier molecular flexibility index (Phi) is 7.25. The third-order valence-corrected chi connectivity index (χ3v) is 3.64. The van der Waals surface area contributed by atoms with Gasteiger partial charge in [0.15, 0.2) is 0 Å². The van der Waals surface area contributed by atoms with Gasteiger partial charge in [-0.2, -0.15) is 0 Å². The lowest BCUT2D eigenvalue weighted by molar-refractivity contribution is -0.386. The van der Waals surface area contributed by atoms with Crippen molar-refractivity contribution < 1.29 is 4.92 Å². The van der Waals surface area contributed by atoms with Crippen LogP contribution in [0.1, 0.15) is 37.1 Å². The van der Waals surface area contributed by atoms with Crippen LogP contribution in [-0.4, -0.2) is 41.0 Å². The van der Waals surface area contributed by atoms with Gasteiger partial charge < -0.3 is 10.2 Å². The summed E-state index contributed by atoms with van der Waals surface area (Å²) in [5.41, 5.74) is 2.21. The monoisotopic (exact) mass is 294 g/mol. The first-order valence-corrected chi connectivity index (χ1v) is 7.53. The number of hydrogen-bond acceptors (Lipinski definition) is 5. The molecule has 0 aliphatic carbocycles. The van der Waals surface area contributed by atoms with Crippen molar-refractivity contribution in [2.75, 3.05) is 26.2 Å². The maximum absolute atomic E-state index is 11.1. The zero-order chi connectivity index (χ0) is 15.8. The van der Waals surface area contributed by atoms with Crippen molar-refractivity contribution in [3.63, 3.8) is 0 Å². The van der Waals surface area contributed by atoms with Gasteiger partial charge in [0.25, 0.3) is 5.69 Å². The Morgan fingerprint density at radius 1 is 1.33 bits per heavy atom. The van der Waals surface area contributed by atoms with Crippen molar-refractivity contribution in [3.8, 4) is 0 Å². The number of rotatable bonds is 9. The largest absolute Gasteiger partial charge is 0.310 e. The molecule has 21 heavy (non-hydrogen) atoms. The van der Waals surface area contributed by atoms with E-state index in [-0.39, 0.29) is 10.6 Å². The molecule has 1 heterocycles. The van der Waals surface area contributed by atoms with Crippen LogP contribution in [0.25, 0.3) is 0 Å². The fraction of sp³-hybridized carbons (Fsp3) is 0.667. The number of hydrogen-bond donors (Lipinski definition) is 1. The SMILES string of the molecule is CCCN(CC)CCNCc1ncc(C)c([N+](=O)[O-])c1C. The predicted molar refractivity (Wildman–Crippen MR) is 84.5 cm³/mol. The van der Waals surface area contributed by atoms with Crippen LogP contribution in [0.5, 0.6) is 0 Å². The maximum atomic E-state index is 11.1. The Balaban J connectivity index is 2.57. The average molecular weight is 294 g/mol. The van der Waals surface area contributed by atoms with Gasteiger partial charge in [0.1, 0.15) is 0 Å². The van der Waals surface area contributed by atoms with Gasteiger partial charge in [-0.05, 0) is 33.4 Å². The molecule has 0 fully saturated rings. The molecule has 0 saturated carbocycles. The minimum atomic E-state index is -0.323. The molecule has 0 aliphatic heterocycles. The summed E-state index contributed by atoms with van der Waals surface area (Å²) in [5.74, 6) is 0. The van der Waals surface area contributed by atoms with Gasteiger partial charge in [0, 0.05) is 37.0 Å². The van der Waals surface area contributed by atoms with Crippen LogP contribution >= 0.6 is 0 Å². The first kappa shape index (κ1) is 17.5. The van der Waals surface area contributed by atoms with Gasteiger partial charge in [-0.3, -0.25) is 15.1 Å². The molecule has 0 radical (unpaired) electrons. The summed E-state index contributed by atoms with van der Waals surface area (Å²) in [6.07, 6.45) is 2.73. The van der Waals surface area contributed by atoms with Gasteiger partial charge >= 0.3 is 0 Å². The normalized spacial score (nSPS) is 11.1. The van der Waals surface area contributed by atoms with E-state index in [0.29, 0.717) is 17.7 Å². The van der Waals surface area contributed by atoms with Crippen LogP contribution in [0.15, 0.2) is 6.20 Å². The third kappa shape index (κ3) is 5.06. The highest BCUT2D eigenvalue weighted by atomic mass is 16.6. The number of pyridine rings is 1. The van der Waals surface area contributed by atoms with E-state index in [4.69, 9.17) is 0 Å². The predicted octanol–water partition coefficient (Wildman–Crippen LogP) is 2.43. The lowest BCUT2D eigenvalue weighted by atomic mass is 10.1. The smallest absolute Gasteiger partial charge is 0.278 e. The van der Waals surface area contributed by atoms with Crippen molar-refractivity contribution in [1.29, 1.82) is 0 Å². The lowest BCUT2D eigenvalue weighted by Crippen LogP contribution is -2.32. The zero-order valence-corrected chi connectivity index (χ0v) is 13.5. The molecule has 1 rings (SSSR count). The molecule has 6 heteroatoms. The van der Waals surface area contributed by atoms with E-state index in [2.05, 4.69) is 29.0 Å². The molecule has 6 nitrogen and oxygen atoms in total. The standard InChI is InChI=1S/C15H26N4O2/c1-5-8-18(6-2)9-7-16-11-14-13(4)15(19(20)21)12(3)10-17-14/h10,16H,5-9,11H2,1-4H3. The number of aromatic nitrogens is 1. The second kappa shape index (κ2) is 8.69. The van der Waals surface area contributed by atoms with Crippen LogP contribution in [0.3, 0.4) is 0 Å². The Morgan fingerprint density at radius 2 is 2.05 bits per heavy atom. The Hall–Kier alpha value is -1.53. The summed E-state index contributed by atoms with van der Waals surface area (Å²) in [6, 6.07) is 0. The summed E-state index contributed by atoms with van der Waals surface area (Å²) in [7, 11) is 0. The minimum Gasteiger partial charge on any atom is -0.310 e. The van der Waals surface area contributed by atoms with E-state index in [0.717, 1.165) is 38.3 Å². The fourth-order valence-corrected chi connectivity index (χ4v) is 2.41. The van der Waals surface area contributed by atoms with E-state index in [1.165, 1.54) is 0 Å². The van der Waals surface area contributed by atoms with Crippen molar-refractivity contribution >= 4 is 5.69 Å². The van der Waals surface area contributed by atoms with Gasteiger partial charge in [-0.1, -0.05) is 13.8 Å². The molecule has 0 atom stereocenters. The molecule has 0 spiro atoms. The first-order chi connectivity index (χ1) is 10.0. The highest BCUT2D eigenvalue weighted by Crippen LogP contribution is 2.23. The number of aryl methyl sites for hydroxylation is 1. The number of nitro groups is 1. The van der Waals surface area contributed by atoms with E-state index in [1.54, 1.807) is 20.0 Å². The summed E-state index contributed by atoms with van der Waals surface area (Å²) >= 11 is 0. The number of likely N-dealkylation sites (N-methyl/N-ethyl adjacent to an activating group) is 1. The number of nitrogens with zero attached hydrogens (tertiary/aromatic N) is 3. The maximum Gasteiger partial charge on any atom is 0.278 e. The van der Waals surface area contributed by atoms with Gasteiger partial charge in [-0.25, -0.2) is 0 Å². The third-order valence-electron chi connectivity index (χ3n) is 3.64. The molecule has 0 amide bonds. The van der Waals surface area contributed by atoms with Crippen molar-refractivity contribution in [2.24, 2.45) is 0 Å². The highest BCUT2D eigenvalue weighted by Gasteiger charge is 2.18. The second-order valence-corrected chi connectivity index (χ2v) is 5.23. The van der Waals surface area contributed by atoms with Crippen LogP contribution in [0.4, 0.5) is 5.69 Å². The van der Waals surface area contributed by atoms with Crippen LogP contribution < -0.4 is 5.32 Å². The minimum absolute atomic E-state index is 0.183. The van der Waals surface area contributed by atoms with Crippen LogP contribution in [0, 0.1) is 24.0 Å². The molecule has 1 N–H and O–H groups in total. The van der Waals surface area contributed by atoms with E-state index < -0.39 is 0 Å². The summed E-state index contributed by atoms with van der Waals surface area (Å²) < 4.78 is 0. The molecule has 1 aromatic heterocycles. The summed E-state index contributed by atoms with van der Waals surface area (Å²) in [4.78, 5) is 17.4. The molecule has 118 valence electrons. The number of nitrogens with one attached hydrogen (secondary N) is 1. The molecule has 0 aromatic carbocycles. The summed E-state index contributed by atoms with van der Waals surface area (Å²) in [5, 5.41) is 14.4. The van der Waals surface area contributed by atoms with Crippen molar-refractivity contribution in [2.45, 2.75) is 40.7 Å².